The first-order chi connectivity index (χ1) is 14.9. The SMILES string of the molecule is N[C@H]1C[C@@H](N2CCC3(CCN(C(=O)NC4CC4)C3)CC2)CO[C@@H]1c1cc(F)ccc1F. The largest absolute Gasteiger partial charge is 0.370 e. The van der Waals surface area contributed by atoms with Gasteiger partial charge >= 0.3 is 6.03 Å². The molecule has 0 bridgehead atoms. The summed E-state index contributed by atoms with van der Waals surface area (Å²) in [6.07, 6.45) is 5.50. The molecule has 31 heavy (non-hydrogen) atoms. The molecular weight excluding hydrogens is 402 g/mol. The summed E-state index contributed by atoms with van der Waals surface area (Å²) in [5.74, 6) is -0.955. The van der Waals surface area contributed by atoms with Gasteiger partial charge < -0.3 is 20.7 Å². The maximum atomic E-state index is 14.2. The van der Waals surface area contributed by atoms with Crippen LogP contribution in [0.15, 0.2) is 18.2 Å². The van der Waals surface area contributed by atoms with Crippen LogP contribution in [0.4, 0.5) is 13.6 Å². The molecule has 3 N–H and O–H groups in total. The van der Waals surface area contributed by atoms with Crippen LogP contribution >= 0.6 is 0 Å². The van der Waals surface area contributed by atoms with E-state index < -0.39 is 17.7 Å². The third-order valence-electron chi connectivity index (χ3n) is 7.67. The highest BCUT2D eigenvalue weighted by atomic mass is 19.1. The number of benzene rings is 1. The molecule has 0 aromatic heterocycles. The van der Waals surface area contributed by atoms with Crippen molar-refractivity contribution < 1.29 is 18.3 Å². The number of halogens is 2. The van der Waals surface area contributed by atoms with E-state index in [1.165, 1.54) is 6.07 Å². The molecular formula is C23H32F2N4O2. The predicted octanol–water partition coefficient (Wildman–Crippen LogP) is 2.78. The molecule has 3 saturated heterocycles. The standard InChI is InChI=1S/C23H32F2N4O2/c24-15-1-4-19(25)18(11-15)21-20(26)12-17(13-31-21)28-8-5-23(6-9-28)7-10-29(14-23)22(30)27-16-2-3-16/h1,4,11,16-17,20-21H,2-3,5-10,12-14,26H2,(H,27,30)/t17-,20+,21-/m1/s1. The Balaban J connectivity index is 1.14. The number of nitrogens with zero attached hydrogens (tertiary/aromatic N) is 2. The fraction of sp³-hybridized carbons (Fsp3) is 0.696. The number of likely N-dealkylation sites (tertiary alicyclic amines) is 2. The van der Waals surface area contributed by atoms with Gasteiger partial charge in [0.25, 0.3) is 0 Å². The summed E-state index contributed by atoms with van der Waals surface area (Å²) in [7, 11) is 0. The van der Waals surface area contributed by atoms with Crippen molar-refractivity contribution in [1.29, 1.82) is 0 Å². The van der Waals surface area contributed by atoms with E-state index in [1.807, 2.05) is 4.90 Å². The normalized spacial score (nSPS) is 31.2. The highest BCUT2D eigenvalue weighted by Crippen LogP contribution is 2.42. The lowest BCUT2D eigenvalue weighted by atomic mass is 9.77. The summed E-state index contributed by atoms with van der Waals surface area (Å²) in [5.41, 5.74) is 6.78. The second-order valence-electron chi connectivity index (χ2n) is 9.90. The molecule has 1 saturated carbocycles. The Labute approximate surface area is 182 Å². The van der Waals surface area contributed by atoms with Crippen molar-refractivity contribution in [3.63, 3.8) is 0 Å². The van der Waals surface area contributed by atoms with Crippen molar-refractivity contribution in [2.24, 2.45) is 11.1 Å². The van der Waals surface area contributed by atoms with Gasteiger partial charge in [-0.25, -0.2) is 13.6 Å². The number of urea groups is 1. The summed E-state index contributed by atoms with van der Waals surface area (Å²) in [4.78, 5) is 16.8. The predicted molar refractivity (Wildman–Crippen MR) is 112 cm³/mol. The third-order valence-corrected chi connectivity index (χ3v) is 7.67. The third kappa shape index (κ3) is 4.43. The van der Waals surface area contributed by atoms with Crippen molar-refractivity contribution in [2.45, 2.75) is 62.8 Å². The molecule has 1 aromatic rings. The average Bonchev–Trinajstić information content (AvgIpc) is 3.48. The van der Waals surface area contributed by atoms with Crippen molar-refractivity contribution in [3.05, 3.63) is 35.4 Å². The van der Waals surface area contributed by atoms with Crippen LogP contribution in [0, 0.1) is 17.0 Å². The number of hydrogen-bond donors (Lipinski definition) is 2. The Morgan fingerprint density at radius 1 is 1.16 bits per heavy atom. The summed E-state index contributed by atoms with van der Waals surface area (Å²) in [6, 6.07) is 3.74. The minimum Gasteiger partial charge on any atom is -0.370 e. The van der Waals surface area contributed by atoms with E-state index in [2.05, 4.69) is 10.2 Å². The van der Waals surface area contributed by atoms with E-state index in [0.29, 0.717) is 19.1 Å². The van der Waals surface area contributed by atoms with Crippen molar-refractivity contribution in [1.82, 2.24) is 15.1 Å². The smallest absolute Gasteiger partial charge is 0.317 e. The van der Waals surface area contributed by atoms with Crippen molar-refractivity contribution in [2.75, 3.05) is 32.8 Å². The maximum absolute atomic E-state index is 14.2. The number of rotatable bonds is 3. The number of amides is 2. The highest BCUT2D eigenvalue weighted by Gasteiger charge is 2.44. The van der Waals surface area contributed by atoms with Gasteiger partial charge in [0.1, 0.15) is 17.7 Å². The lowest BCUT2D eigenvalue weighted by Crippen LogP contribution is -2.53. The lowest BCUT2D eigenvalue weighted by molar-refractivity contribution is -0.0628. The van der Waals surface area contributed by atoms with Crippen LogP contribution in [0.25, 0.3) is 0 Å². The second kappa shape index (κ2) is 8.30. The van der Waals surface area contributed by atoms with Crippen LogP contribution < -0.4 is 11.1 Å². The van der Waals surface area contributed by atoms with Crippen LogP contribution in [0.3, 0.4) is 0 Å². The zero-order valence-electron chi connectivity index (χ0n) is 17.9. The van der Waals surface area contributed by atoms with E-state index in [4.69, 9.17) is 10.5 Å². The van der Waals surface area contributed by atoms with Crippen molar-refractivity contribution in [3.8, 4) is 0 Å². The molecule has 1 aliphatic carbocycles. The number of ether oxygens (including phenoxy) is 1. The molecule has 2 amide bonds. The molecule has 1 spiro atoms. The van der Waals surface area contributed by atoms with Gasteiger partial charge in [-0.15, -0.1) is 0 Å². The Hall–Kier alpha value is -1.77. The van der Waals surface area contributed by atoms with Gasteiger partial charge in [0.05, 0.1) is 6.61 Å². The molecule has 4 aliphatic rings. The van der Waals surface area contributed by atoms with Crippen molar-refractivity contribution >= 4 is 6.03 Å². The molecule has 3 atom stereocenters. The zero-order valence-corrected chi connectivity index (χ0v) is 17.9. The van der Waals surface area contributed by atoms with Gasteiger partial charge in [-0.05, 0) is 75.2 Å². The summed E-state index contributed by atoms with van der Waals surface area (Å²) in [5, 5.41) is 3.10. The van der Waals surface area contributed by atoms with Gasteiger partial charge in [-0.2, -0.15) is 0 Å². The Bertz CT molecular complexity index is 826. The highest BCUT2D eigenvalue weighted by molar-refractivity contribution is 5.75. The summed E-state index contributed by atoms with van der Waals surface area (Å²) < 4.78 is 33.7. The first kappa shape index (κ1) is 21.1. The topological polar surface area (TPSA) is 70.8 Å². The van der Waals surface area contributed by atoms with E-state index in [-0.39, 0.29) is 29.1 Å². The van der Waals surface area contributed by atoms with E-state index in [1.54, 1.807) is 0 Å². The number of piperidine rings is 1. The minimum absolute atomic E-state index is 0.101. The van der Waals surface area contributed by atoms with Crippen LogP contribution in [0.1, 0.15) is 50.2 Å². The number of nitrogens with two attached hydrogens (primary N) is 1. The number of carbonyl (C=O) groups is 1. The molecule has 5 rings (SSSR count). The Morgan fingerprint density at radius 2 is 1.90 bits per heavy atom. The molecule has 1 aromatic carbocycles. The van der Waals surface area contributed by atoms with E-state index >= 15 is 0 Å². The molecule has 3 aliphatic heterocycles. The zero-order chi connectivity index (χ0) is 21.6. The molecule has 4 fully saturated rings. The first-order valence-corrected chi connectivity index (χ1v) is 11.5. The molecule has 6 nitrogen and oxygen atoms in total. The van der Waals surface area contributed by atoms with Crippen LogP contribution in [0.5, 0.6) is 0 Å². The van der Waals surface area contributed by atoms with Crippen LogP contribution in [-0.2, 0) is 4.74 Å². The fourth-order valence-electron chi connectivity index (χ4n) is 5.53. The fourth-order valence-corrected chi connectivity index (χ4v) is 5.53. The average molecular weight is 435 g/mol. The first-order valence-electron chi connectivity index (χ1n) is 11.5. The Kier molecular flexibility index (Phi) is 5.65. The monoisotopic (exact) mass is 434 g/mol. The maximum Gasteiger partial charge on any atom is 0.317 e. The summed E-state index contributed by atoms with van der Waals surface area (Å²) >= 11 is 0. The van der Waals surface area contributed by atoms with Gasteiger partial charge in [0, 0.05) is 36.8 Å². The lowest BCUT2D eigenvalue weighted by Gasteiger charge is -2.45. The molecule has 170 valence electrons. The number of nitrogens with one attached hydrogen (secondary N) is 1. The second-order valence-corrected chi connectivity index (χ2v) is 9.90. The van der Waals surface area contributed by atoms with E-state index in [9.17, 15) is 13.6 Å². The minimum atomic E-state index is -0.614. The van der Waals surface area contributed by atoms with Gasteiger partial charge in [-0.3, -0.25) is 4.90 Å². The molecule has 0 unspecified atom stereocenters. The number of carbonyl (C=O) groups excluding carboxylic acids is 1. The molecule has 0 radical (unpaired) electrons. The Morgan fingerprint density at radius 3 is 2.61 bits per heavy atom. The summed E-state index contributed by atoms with van der Waals surface area (Å²) in [6.45, 7) is 4.07. The van der Waals surface area contributed by atoms with Gasteiger partial charge in [-0.1, -0.05) is 0 Å². The quantitative estimate of drug-likeness (QED) is 0.768. The van der Waals surface area contributed by atoms with Gasteiger partial charge in [0.15, 0.2) is 0 Å². The van der Waals surface area contributed by atoms with E-state index in [0.717, 1.165) is 70.4 Å². The van der Waals surface area contributed by atoms with Crippen LogP contribution in [-0.4, -0.2) is 66.7 Å². The molecule has 3 heterocycles. The molecule has 8 heteroatoms. The van der Waals surface area contributed by atoms with Gasteiger partial charge in [0.2, 0.25) is 0 Å². The van der Waals surface area contributed by atoms with Crippen LogP contribution in [0.2, 0.25) is 0 Å². The number of hydrogen-bond acceptors (Lipinski definition) is 4.